The molecule has 0 heterocycles. The standard InChI is InChI=1S/C22H27N3O3/c1-15(2)24-22(28)18-6-4-5-7-19(18)25-21(27)14-23-20(26)13-12-17-10-8-16(3)9-11-17/h4-11,15H,12-14H2,1-3H3,(H,23,26)(H,24,28)(H,25,27). The number of aryl methyl sites for hydroxylation is 2. The Balaban J connectivity index is 1.83. The summed E-state index contributed by atoms with van der Waals surface area (Å²) in [5, 5.41) is 8.10. The van der Waals surface area contributed by atoms with Gasteiger partial charge in [0.25, 0.3) is 5.91 Å². The molecule has 0 saturated heterocycles. The number of para-hydroxylation sites is 1. The SMILES string of the molecule is Cc1ccc(CCC(=O)NCC(=O)Nc2ccccc2C(=O)NC(C)C)cc1. The van der Waals surface area contributed by atoms with Gasteiger partial charge in [0.2, 0.25) is 11.8 Å². The molecule has 0 aromatic heterocycles. The fraction of sp³-hybridized carbons (Fsp3) is 0.318. The topological polar surface area (TPSA) is 87.3 Å². The fourth-order valence-electron chi connectivity index (χ4n) is 2.60. The van der Waals surface area contributed by atoms with E-state index in [2.05, 4.69) is 16.0 Å². The summed E-state index contributed by atoms with van der Waals surface area (Å²) in [4.78, 5) is 36.4. The average Bonchev–Trinajstić information content (AvgIpc) is 2.65. The summed E-state index contributed by atoms with van der Waals surface area (Å²) in [5.74, 6) is -0.830. The Morgan fingerprint density at radius 1 is 0.929 bits per heavy atom. The molecule has 6 heteroatoms. The van der Waals surface area contributed by atoms with E-state index in [1.54, 1.807) is 24.3 Å². The Bertz CT molecular complexity index is 829. The molecule has 3 N–H and O–H groups in total. The summed E-state index contributed by atoms with van der Waals surface area (Å²) in [7, 11) is 0. The highest BCUT2D eigenvalue weighted by atomic mass is 16.2. The molecule has 28 heavy (non-hydrogen) atoms. The lowest BCUT2D eigenvalue weighted by Gasteiger charge is -2.13. The zero-order valence-corrected chi connectivity index (χ0v) is 16.5. The van der Waals surface area contributed by atoms with Crippen LogP contribution in [0.4, 0.5) is 5.69 Å². The van der Waals surface area contributed by atoms with Gasteiger partial charge in [-0.2, -0.15) is 0 Å². The van der Waals surface area contributed by atoms with E-state index >= 15 is 0 Å². The molecule has 0 atom stereocenters. The average molecular weight is 381 g/mol. The van der Waals surface area contributed by atoms with E-state index in [-0.39, 0.29) is 30.3 Å². The second-order valence-corrected chi connectivity index (χ2v) is 6.98. The van der Waals surface area contributed by atoms with Gasteiger partial charge in [-0.05, 0) is 44.9 Å². The van der Waals surface area contributed by atoms with Crippen LogP contribution >= 0.6 is 0 Å². The van der Waals surface area contributed by atoms with Crippen molar-refractivity contribution >= 4 is 23.4 Å². The monoisotopic (exact) mass is 381 g/mol. The van der Waals surface area contributed by atoms with E-state index < -0.39 is 0 Å². The minimum atomic E-state index is -0.381. The highest BCUT2D eigenvalue weighted by Gasteiger charge is 2.14. The zero-order chi connectivity index (χ0) is 20.5. The fourth-order valence-corrected chi connectivity index (χ4v) is 2.60. The van der Waals surface area contributed by atoms with Crippen LogP contribution in [0.3, 0.4) is 0 Å². The van der Waals surface area contributed by atoms with Crippen LogP contribution in [0, 0.1) is 6.92 Å². The lowest BCUT2D eigenvalue weighted by molar-refractivity contribution is -0.124. The molecule has 148 valence electrons. The van der Waals surface area contributed by atoms with Crippen LogP contribution in [-0.2, 0) is 16.0 Å². The van der Waals surface area contributed by atoms with Crippen molar-refractivity contribution in [3.05, 3.63) is 65.2 Å². The first-order valence-electron chi connectivity index (χ1n) is 9.37. The lowest BCUT2D eigenvalue weighted by atomic mass is 10.1. The van der Waals surface area contributed by atoms with Crippen molar-refractivity contribution in [2.24, 2.45) is 0 Å². The summed E-state index contributed by atoms with van der Waals surface area (Å²) in [5.41, 5.74) is 3.05. The molecule has 0 aliphatic carbocycles. The van der Waals surface area contributed by atoms with E-state index in [1.165, 1.54) is 5.56 Å². The van der Waals surface area contributed by atoms with Crippen molar-refractivity contribution in [3.63, 3.8) is 0 Å². The molecule has 2 rings (SSSR count). The molecule has 0 fully saturated rings. The maximum Gasteiger partial charge on any atom is 0.253 e. The van der Waals surface area contributed by atoms with Crippen LogP contribution < -0.4 is 16.0 Å². The molecule has 2 aromatic carbocycles. The normalized spacial score (nSPS) is 10.4. The van der Waals surface area contributed by atoms with Gasteiger partial charge in [0.15, 0.2) is 0 Å². The molecule has 0 radical (unpaired) electrons. The van der Waals surface area contributed by atoms with Crippen molar-refractivity contribution in [1.82, 2.24) is 10.6 Å². The summed E-state index contributed by atoms with van der Waals surface area (Å²) >= 11 is 0. The molecule has 0 unspecified atom stereocenters. The Kier molecular flexibility index (Phi) is 7.75. The largest absolute Gasteiger partial charge is 0.350 e. The smallest absolute Gasteiger partial charge is 0.253 e. The van der Waals surface area contributed by atoms with Gasteiger partial charge in [-0.15, -0.1) is 0 Å². The third kappa shape index (κ3) is 6.87. The molecular formula is C22H27N3O3. The Hall–Kier alpha value is -3.15. The molecule has 6 nitrogen and oxygen atoms in total. The van der Waals surface area contributed by atoms with Crippen LogP contribution in [0.25, 0.3) is 0 Å². The van der Waals surface area contributed by atoms with Crippen molar-refractivity contribution in [2.75, 3.05) is 11.9 Å². The van der Waals surface area contributed by atoms with Crippen LogP contribution in [-0.4, -0.2) is 30.3 Å². The summed E-state index contributed by atoms with van der Waals surface area (Å²) in [6, 6.07) is 14.8. The van der Waals surface area contributed by atoms with E-state index in [0.29, 0.717) is 24.1 Å². The second kappa shape index (κ2) is 10.3. The molecular weight excluding hydrogens is 354 g/mol. The van der Waals surface area contributed by atoms with E-state index in [1.807, 2.05) is 45.0 Å². The molecule has 3 amide bonds. The highest BCUT2D eigenvalue weighted by molar-refractivity contribution is 6.04. The number of anilines is 1. The number of amides is 3. The number of rotatable bonds is 8. The third-order valence-electron chi connectivity index (χ3n) is 4.07. The molecule has 2 aromatic rings. The van der Waals surface area contributed by atoms with Gasteiger partial charge in [0.05, 0.1) is 17.8 Å². The second-order valence-electron chi connectivity index (χ2n) is 6.98. The summed E-state index contributed by atoms with van der Waals surface area (Å²) in [6.45, 7) is 5.60. The van der Waals surface area contributed by atoms with Crippen molar-refractivity contribution in [1.29, 1.82) is 0 Å². The van der Waals surface area contributed by atoms with Gasteiger partial charge in [-0.3, -0.25) is 14.4 Å². The molecule has 0 bridgehead atoms. The summed E-state index contributed by atoms with van der Waals surface area (Å²) < 4.78 is 0. The van der Waals surface area contributed by atoms with Crippen LogP contribution in [0.1, 0.15) is 41.8 Å². The van der Waals surface area contributed by atoms with Crippen LogP contribution in [0.15, 0.2) is 48.5 Å². The number of carbonyl (C=O) groups excluding carboxylic acids is 3. The van der Waals surface area contributed by atoms with Crippen molar-refractivity contribution in [2.45, 2.75) is 39.7 Å². The Labute approximate surface area is 165 Å². The van der Waals surface area contributed by atoms with Crippen molar-refractivity contribution < 1.29 is 14.4 Å². The van der Waals surface area contributed by atoms with Crippen LogP contribution in [0.2, 0.25) is 0 Å². The molecule has 0 spiro atoms. The predicted molar refractivity (Wildman–Crippen MR) is 110 cm³/mol. The number of hydrogen-bond acceptors (Lipinski definition) is 3. The van der Waals surface area contributed by atoms with Gasteiger partial charge in [0.1, 0.15) is 0 Å². The van der Waals surface area contributed by atoms with E-state index in [9.17, 15) is 14.4 Å². The van der Waals surface area contributed by atoms with Crippen LogP contribution in [0.5, 0.6) is 0 Å². The molecule has 0 aliphatic rings. The number of nitrogens with one attached hydrogen (secondary N) is 3. The van der Waals surface area contributed by atoms with Gasteiger partial charge in [0, 0.05) is 12.5 Å². The minimum Gasteiger partial charge on any atom is -0.350 e. The van der Waals surface area contributed by atoms with Crippen molar-refractivity contribution in [3.8, 4) is 0 Å². The maximum atomic E-state index is 12.2. The number of carbonyl (C=O) groups is 3. The summed E-state index contributed by atoms with van der Waals surface area (Å²) in [6.07, 6.45) is 0.926. The van der Waals surface area contributed by atoms with Gasteiger partial charge >= 0.3 is 0 Å². The quantitative estimate of drug-likeness (QED) is 0.657. The first-order valence-corrected chi connectivity index (χ1v) is 9.37. The number of benzene rings is 2. The van der Waals surface area contributed by atoms with E-state index in [4.69, 9.17) is 0 Å². The maximum absolute atomic E-state index is 12.2. The molecule has 0 aliphatic heterocycles. The molecule has 0 saturated carbocycles. The zero-order valence-electron chi connectivity index (χ0n) is 16.5. The Morgan fingerprint density at radius 3 is 2.29 bits per heavy atom. The van der Waals surface area contributed by atoms with Gasteiger partial charge in [-0.25, -0.2) is 0 Å². The predicted octanol–water partition coefficient (Wildman–Crippen LogP) is 2.82. The Morgan fingerprint density at radius 2 is 1.61 bits per heavy atom. The lowest BCUT2D eigenvalue weighted by Crippen LogP contribution is -2.34. The first-order chi connectivity index (χ1) is 13.3. The van der Waals surface area contributed by atoms with Gasteiger partial charge in [-0.1, -0.05) is 42.0 Å². The van der Waals surface area contributed by atoms with E-state index in [0.717, 1.165) is 5.56 Å². The minimum absolute atomic E-state index is 0.0101. The third-order valence-corrected chi connectivity index (χ3v) is 4.07. The first kappa shape index (κ1) is 21.2. The highest BCUT2D eigenvalue weighted by Crippen LogP contribution is 2.15. The van der Waals surface area contributed by atoms with Gasteiger partial charge < -0.3 is 16.0 Å². The number of hydrogen-bond donors (Lipinski definition) is 3.